The molecule has 9 heteroatoms. The predicted molar refractivity (Wildman–Crippen MR) is 97.5 cm³/mol. The quantitative estimate of drug-likeness (QED) is 0.627. The number of benzene rings is 1. The maximum absolute atomic E-state index is 12.1. The number of amides is 2. The summed E-state index contributed by atoms with van der Waals surface area (Å²) in [5.41, 5.74) is 5.31. The molecule has 2 amide bonds. The molecule has 0 saturated carbocycles. The van der Waals surface area contributed by atoms with Crippen molar-refractivity contribution in [2.24, 2.45) is 11.7 Å². The third kappa shape index (κ3) is 6.64. The maximum Gasteiger partial charge on any atom is 0.251 e. The van der Waals surface area contributed by atoms with Gasteiger partial charge in [0.2, 0.25) is 5.91 Å². The predicted octanol–water partition coefficient (Wildman–Crippen LogP) is 0.487. The van der Waals surface area contributed by atoms with E-state index in [0.29, 0.717) is 18.0 Å². The van der Waals surface area contributed by atoms with Crippen LogP contribution < -0.4 is 16.4 Å². The molecule has 1 unspecified atom stereocenters. The lowest BCUT2D eigenvalue weighted by atomic mass is 9.96. The summed E-state index contributed by atoms with van der Waals surface area (Å²) < 4.78 is 23.7. The van der Waals surface area contributed by atoms with E-state index in [9.17, 15) is 18.0 Å². The van der Waals surface area contributed by atoms with Gasteiger partial charge in [0.05, 0.1) is 4.90 Å². The molecule has 1 aromatic carbocycles. The van der Waals surface area contributed by atoms with Crippen molar-refractivity contribution in [1.82, 2.24) is 10.6 Å². The molecule has 0 aromatic heterocycles. The monoisotopic (exact) mass is 389 g/mol. The SMILES string of the molecule is Cl.NC(=O)CS(=O)(=O)c1ccc(C(=O)NCCC2CCCNC2)cc1. The Morgan fingerprint density at radius 1 is 1.24 bits per heavy atom. The summed E-state index contributed by atoms with van der Waals surface area (Å²) in [6, 6.07) is 5.51. The number of hydrogen-bond donors (Lipinski definition) is 3. The third-order valence-corrected chi connectivity index (χ3v) is 5.70. The minimum atomic E-state index is -3.75. The van der Waals surface area contributed by atoms with Gasteiger partial charge in [-0.05, 0) is 62.5 Å². The van der Waals surface area contributed by atoms with E-state index in [1.165, 1.54) is 37.1 Å². The van der Waals surface area contributed by atoms with Gasteiger partial charge in [-0.2, -0.15) is 0 Å². The van der Waals surface area contributed by atoms with Gasteiger partial charge in [0.15, 0.2) is 9.84 Å². The number of carbonyl (C=O) groups excluding carboxylic acids is 2. The van der Waals surface area contributed by atoms with Crippen LogP contribution in [-0.4, -0.2) is 45.6 Å². The van der Waals surface area contributed by atoms with Gasteiger partial charge in [-0.25, -0.2) is 8.42 Å². The minimum Gasteiger partial charge on any atom is -0.369 e. The second-order valence-electron chi connectivity index (χ2n) is 6.01. The average Bonchev–Trinajstić information content (AvgIpc) is 2.55. The van der Waals surface area contributed by atoms with Crippen molar-refractivity contribution in [2.75, 3.05) is 25.4 Å². The summed E-state index contributed by atoms with van der Waals surface area (Å²) in [6.45, 7) is 2.64. The Hall–Kier alpha value is -1.64. The van der Waals surface area contributed by atoms with E-state index in [2.05, 4.69) is 10.6 Å². The van der Waals surface area contributed by atoms with E-state index in [1.807, 2.05) is 0 Å². The van der Waals surface area contributed by atoms with Gasteiger partial charge in [0.25, 0.3) is 5.91 Å². The highest BCUT2D eigenvalue weighted by atomic mass is 35.5. The van der Waals surface area contributed by atoms with E-state index in [1.54, 1.807) is 0 Å². The fraction of sp³-hybridized carbons (Fsp3) is 0.500. The summed E-state index contributed by atoms with van der Waals surface area (Å²) in [7, 11) is -3.75. The Kier molecular flexibility index (Phi) is 8.34. The molecule has 7 nitrogen and oxygen atoms in total. The van der Waals surface area contributed by atoms with Crippen LogP contribution in [0, 0.1) is 5.92 Å². The summed E-state index contributed by atoms with van der Waals surface area (Å²) >= 11 is 0. The van der Waals surface area contributed by atoms with Crippen molar-refractivity contribution >= 4 is 34.1 Å². The molecule has 0 bridgehead atoms. The zero-order chi connectivity index (χ0) is 17.6. The lowest BCUT2D eigenvalue weighted by Gasteiger charge is -2.22. The van der Waals surface area contributed by atoms with Gasteiger partial charge in [0.1, 0.15) is 5.75 Å². The van der Waals surface area contributed by atoms with Crippen LogP contribution in [0.5, 0.6) is 0 Å². The molecule has 140 valence electrons. The Balaban J connectivity index is 0.00000312. The van der Waals surface area contributed by atoms with E-state index in [-0.39, 0.29) is 23.2 Å². The normalized spacial score (nSPS) is 17.4. The van der Waals surface area contributed by atoms with E-state index < -0.39 is 21.5 Å². The van der Waals surface area contributed by atoms with Crippen molar-refractivity contribution in [3.63, 3.8) is 0 Å². The molecule has 1 aromatic rings. The summed E-state index contributed by atoms with van der Waals surface area (Å²) in [6.07, 6.45) is 3.26. The fourth-order valence-electron chi connectivity index (χ4n) is 2.75. The number of sulfone groups is 1. The first kappa shape index (κ1) is 21.4. The largest absolute Gasteiger partial charge is 0.369 e. The van der Waals surface area contributed by atoms with Crippen LogP contribution in [0.1, 0.15) is 29.6 Å². The van der Waals surface area contributed by atoms with Crippen LogP contribution >= 0.6 is 12.4 Å². The molecule has 1 fully saturated rings. The van der Waals surface area contributed by atoms with Crippen LogP contribution in [0.3, 0.4) is 0 Å². The molecule has 4 N–H and O–H groups in total. The first-order valence-corrected chi connectivity index (χ1v) is 9.64. The number of carbonyl (C=O) groups is 2. The van der Waals surface area contributed by atoms with Crippen LogP contribution in [0.25, 0.3) is 0 Å². The molecule has 0 radical (unpaired) electrons. The Bertz CT molecular complexity index is 686. The molecule has 2 rings (SSSR count). The highest BCUT2D eigenvalue weighted by Crippen LogP contribution is 2.14. The number of hydrogen-bond acceptors (Lipinski definition) is 5. The Morgan fingerprint density at radius 2 is 1.92 bits per heavy atom. The molecular weight excluding hydrogens is 366 g/mol. The maximum atomic E-state index is 12.1. The number of halogens is 1. The highest BCUT2D eigenvalue weighted by molar-refractivity contribution is 7.92. The zero-order valence-corrected chi connectivity index (χ0v) is 15.5. The van der Waals surface area contributed by atoms with E-state index in [4.69, 9.17) is 5.73 Å². The molecule has 1 heterocycles. The molecular formula is C16H24ClN3O4S. The summed E-state index contributed by atoms with van der Waals surface area (Å²) in [5.74, 6) is -1.31. The van der Waals surface area contributed by atoms with Gasteiger partial charge >= 0.3 is 0 Å². The van der Waals surface area contributed by atoms with Gasteiger partial charge in [-0.15, -0.1) is 12.4 Å². The highest BCUT2D eigenvalue weighted by Gasteiger charge is 2.18. The topological polar surface area (TPSA) is 118 Å². The van der Waals surface area contributed by atoms with Crippen molar-refractivity contribution in [2.45, 2.75) is 24.2 Å². The lowest BCUT2D eigenvalue weighted by molar-refractivity contribution is -0.115. The zero-order valence-electron chi connectivity index (χ0n) is 13.9. The standard InChI is InChI=1S/C16H23N3O4S.ClH/c17-15(20)11-24(22,23)14-5-3-13(4-6-14)16(21)19-9-7-12-2-1-8-18-10-12;/h3-6,12,18H,1-2,7-11H2,(H2,17,20)(H,19,21);1H. The van der Waals surface area contributed by atoms with Crippen LogP contribution in [-0.2, 0) is 14.6 Å². The van der Waals surface area contributed by atoms with E-state index in [0.717, 1.165) is 19.5 Å². The fourth-order valence-corrected chi connectivity index (χ4v) is 3.84. The second kappa shape index (κ2) is 9.74. The first-order valence-electron chi connectivity index (χ1n) is 7.98. The molecule has 1 aliphatic heterocycles. The molecule has 25 heavy (non-hydrogen) atoms. The van der Waals surface area contributed by atoms with Gasteiger partial charge in [-0.1, -0.05) is 0 Å². The Morgan fingerprint density at radius 3 is 2.48 bits per heavy atom. The van der Waals surface area contributed by atoms with Crippen molar-refractivity contribution in [1.29, 1.82) is 0 Å². The van der Waals surface area contributed by atoms with Crippen molar-refractivity contribution in [3.05, 3.63) is 29.8 Å². The number of rotatable bonds is 7. The third-order valence-electron chi connectivity index (χ3n) is 4.04. The number of primary amides is 1. The average molecular weight is 390 g/mol. The second-order valence-corrected chi connectivity index (χ2v) is 8.00. The van der Waals surface area contributed by atoms with E-state index >= 15 is 0 Å². The van der Waals surface area contributed by atoms with Crippen LogP contribution in [0.15, 0.2) is 29.2 Å². The van der Waals surface area contributed by atoms with Gasteiger partial charge in [0, 0.05) is 12.1 Å². The molecule has 1 saturated heterocycles. The first-order chi connectivity index (χ1) is 11.4. The Labute approximate surface area is 154 Å². The summed E-state index contributed by atoms with van der Waals surface area (Å²) in [5, 5.41) is 6.18. The number of piperidine rings is 1. The molecule has 1 aliphatic rings. The van der Waals surface area contributed by atoms with Crippen LogP contribution in [0.2, 0.25) is 0 Å². The van der Waals surface area contributed by atoms with Crippen molar-refractivity contribution < 1.29 is 18.0 Å². The lowest BCUT2D eigenvalue weighted by Crippen LogP contribution is -2.33. The smallest absolute Gasteiger partial charge is 0.251 e. The minimum absolute atomic E-state index is 0. The number of nitrogens with two attached hydrogens (primary N) is 1. The summed E-state index contributed by atoms with van der Waals surface area (Å²) in [4.78, 5) is 22.8. The van der Waals surface area contributed by atoms with Crippen molar-refractivity contribution in [3.8, 4) is 0 Å². The molecule has 0 aliphatic carbocycles. The van der Waals surface area contributed by atoms with Gasteiger partial charge < -0.3 is 16.4 Å². The van der Waals surface area contributed by atoms with Gasteiger partial charge in [-0.3, -0.25) is 9.59 Å². The molecule has 1 atom stereocenters. The van der Waals surface area contributed by atoms with Crippen LogP contribution in [0.4, 0.5) is 0 Å². The molecule has 0 spiro atoms. The number of nitrogens with one attached hydrogen (secondary N) is 2.